The van der Waals surface area contributed by atoms with E-state index in [0.717, 1.165) is 67.2 Å². The minimum atomic E-state index is -0.0831. The SMILES string of the molecule is O=C(NCCc1ccco1)[C@@H]1CCCN(c2nn3c(=O)c4c(nc3s2)CCCC4)C1. The normalized spacial score (nSPS) is 19.1. The molecule has 8 nitrogen and oxygen atoms in total. The van der Waals surface area contributed by atoms with Gasteiger partial charge in [0.15, 0.2) is 0 Å². The van der Waals surface area contributed by atoms with Crippen molar-refractivity contribution in [1.29, 1.82) is 0 Å². The van der Waals surface area contributed by atoms with Crippen LogP contribution in [0.15, 0.2) is 27.6 Å². The number of amides is 1. The molecule has 1 N–H and O–H groups in total. The highest BCUT2D eigenvalue weighted by molar-refractivity contribution is 7.20. The summed E-state index contributed by atoms with van der Waals surface area (Å²) in [6, 6.07) is 3.76. The van der Waals surface area contributed by atoms with Gasteiger partial charge in [-0.1, -0.05) is 11.3 Å². The van der Waals surface area contributed by atoms with Gasteiger partial charge in [0.2, 0.25) is 16.0 Å². The third-order valence-corrected chi connectivity index (χ3v) is 6.95. The van der Waals surface area contributed by atoms with Crippen LogP contribution >= 0.6 is 11.3 Å². The molecule has 0 bridgehead atoms. The molecule has 0 saturated carbocycles. The molecule has 1 aliphatic heterocycles. The molecule has 1 fully saturated rings. The zero-order valence-electron chi connectivity index (χ0n) is 16.8. The van der Waals surface area contributed by atoms with Gasteiger partial charge < -0.3 is 14.6 Å². The van der Waals surface area contributed by atoms with Crippen LogP contribution in [0.25, 0.3) is 4.96 Å². The highest BCUT2D eigenvalue weighted by Crippen LogP contribution is 2.28. The summed E-state index contributed by atoms with van der Waals surface area (Å²) in [4.78, 5) is 33.0. The van der Waals surface area contributed by atoms with Crippen molar-refractivity contribution in [3.63, 3.8) is 0 Å². The van der Waals surface area contributed by atoms with Crippen molar-refractivity contribution in [2.24, 2.45) is 5.92 Å². The smallest absolute Gasteiger partial charge is 0.278 e. The fourth-order valence-corrected chi connectivity index (χ4v) is 5.31. The minimum Gasteiger partial charge on any atom is -0.469 e. The lowest BCUT2D eigenvalue weighted by molar-refractivity contribution is -0.125. The number of anilines is 1. The Morgan fingerprint density at radius 1 is 1.30 bits per heavy atom. The first-order valence-corrected chi connectivity index (χ1v) is 11.5. The number of rotatable bonds is 5. The fourth-order valence-electron chi connectivity index (χ4n) is 4.36. The van der Waals surface area contributed by atoms with Crippen molar-refractivity contribution in [1.82, 2.24) is 19.9 Å². The molecule has 3 aromatic rings. The molecule has 0 unspecified atom stereocenters. The highest BCUT2D eigenvalue weighted by atomic mass is 32.1. The predicted octanol–water partition coefficient (Wildman–Crippen LogP) is 2.20. The number of piperidine rings is 1. The fraction of sp³-hybridized carbons (Fsp3) is 0.524. The van der Waals surface area contributed by atoms with Gasteiger partial charge in [-0.15, -0.1) is 5.10 Å². The lowest BCUT2D eigenvalue weighted by Crippen LogP contribution is -2.43. The molecular weight excluding hydrogens is 402 g/mol. The van der Waals surface area contributed by atoms with Crippen LogP contribution in [-0.4, -0.2) is 40.1 Å². The Hall–Kier alpha value is -2.68. The van der Waals surface area contributed by atoms with E-state index in [1.165, 1.54) is 15.9 Å². The van der Waals surface area contributed by atoms with Gasteiger partial charge in [0.1, 0.15) is 5.76 Å². The van der Waals surface area contributed by atoms with Gasteiger partial charge in [-0.2, -0.15) is 4.52 Å². The molecule has 4 heterocycles. The number of fused-ring (bicyclic) bond motifs is 2. The van der Waals surface area contributed by atoms with Gasteiger partial charge in [-0.25, -0.2) is 4.98 Å². The molecule has 158 valence electrons. The van der Waals surface area contributed by atoms with E-state index in [9.17, 15) is 9.59 Å². The number of aryl methyl sites for hydroxylation is 1. The van der Waals surface area contributed by atoms with Crippen molar-refractivity contribution in [2.45, 2.75) is 44.9 Å². The van der Waals surface area contributed by atoms with Crippen LogP contribution in [0.1, 0.15) is 42.7 Å². The van der Waals surface area contributed by atoms with Gasteiger partial charge in [0, 0.05) is 31.6 Å². The molecular formula is C21H25N5O3S. The molecule has 5 rings (SSSR count). The van der Waals surface area contributed by atoms with Gasteiger partial charge in [-0.05, 0) is 50.7 Å². The summed E-state index contributed by atoms with van der Waals surface area (Å²) in [5.74, 6) is 0.856. The van der Waals surface area contributed by atoms with Crippen molar-refractivity contribution < 1.29 is 9.21 Å². The summed E-state index contributed by atoms with van der Waals surface area (Å²) in [6.07, 6.45) is 7.90. The van der Waals surface area contributed by atoms with Crippen LogP contribution < -0.4 is 15.8 Å². The number of furan rings is 1. The third-order valence-electron chi connectivity index (χ3n) is 5.98. The molecule has 1 atom stereocenters. The summed E-state index contributed by atoms with van der Waals surface area (Å²) in [5.41, 5.74) is 1.73. The van der Waals surface area contributed by atoms with Crippen LogP contribution in [0.2, 0.25) is 0 Å². The Kier molecular flexibility index (Phi) is 5.28. The molecule has 1 aliphatic carbocycles. The van der Waals surface area contributed by atoms with E-state index < -0.39 is 0 Å². The first kappa shape index (κ1) is 19.3. The van der Waals surface area contributed by atoms with E-state index in [-0.39, 0.29) is 17.4 Å². The molecule has 1 amide bonds. The van der Waals surface area contributed by atoms with Gasteiger partial charge in [-0.3, -0.25) is 9.59 Å². The summed E-state index contributed by atoms with van der Waals surface area (Å²) >= 11 is 1.44. The Morgan fingerprint density at radius 3 is 3.07 bits per heavy atom. The largest absolute Gasteiger partial charge is 0.469 e. The number of carbonyl (C=O) groups excluding carboxylic acids is 1. The van der Waals surface area contributed by atoms with E-state index in [0.29, 0.717) is 24.5 Å². The Balaban J connectivity index is 1.28. The quantitative estimate of drug-likeness (QED) is 0.671. The molecule has 1 saturated heterocycles. The molecule has 3 aromatic heterocycles. The van der Waals surface area contributed by atoms with Crippen LogP contribution in [0.3, 0.4) is 0 Å². The van der Waals surface area contributed by atoms with Crippen LogP contribution in [0.5, 0.6) is 0 Å². The topological polar surface area (TPSA) is 92.7 Å². The van der Waals surface area contributed by atoms with Crippen molar-refractivity contribution in [3.8, 4) is 0 Å². The number of nitrogens with one attached hydrogen (secondary N) is 1. The third kappa shape index (κ3) is 3.74. The molecule has 0 spiro atoms. The van der Waals surface area contributed by atoms with E-state index in [2.05, 4.69) is 15.3 Å². The molecule has 0 radical (unpaired) electrons. The summed E-state index contributed by atoms with van der Waals surface area (Å²) in [6.45, 7) is 2.01. The standard InChI is InChI=1S/C21H25N5O3S/c27-18(22-10-9-15-6-4-12-29-15)14-5-3-11-25(13-14)21-24-26-19(28)16-7-1-2-8-17(16)23-20(26)30-21/h4,6,12,14H,1-3,5,7-11,13H2,(H,22,27)/t14-/m1/s1. The van der Waals surface area contributed by atoms with Gasteiger partial charge in [0.05, 0.1) is 17.9 Å². The van der Waals surface area contributed by atoms with E-state index in [1.54, 1.807) is 6.26 Å². The predicted molar refractivity (Wildman–Crippen MR) is 114 cm³/mol. The molecule has 30 heavy (non-hydrogen) atoms. The molecule has 0 aromatic carbocycles. The second kappa shape index (κ2) is 8.22. The minimum absolute atomic E-state index is 0.0265. The molecule has 2 aliphatic rings. The number of nitrogens with zero attached hydrogens (tertiary/aromatic N) is 4. The Labute approximate surface area is 177 Å². The number of carbonyl (C=O) groups is 1. The number of aromatic nitrogens is 3. The maximum atomic E-state index is 12.8. The lowest BCUT2D eigenvalue weighted by Gasteiger charge is -2.31. The van der Waals surface area contributed by atoms with Crippen molar-refractivity contribution >= 4 is 27.3 Å². The van der Waals surface area contributed by atoms with E-state index in [4.69, 9.17) is 9.40 Å². The van der Waals surface area contributed by atoms with Crippen molar-refractivity contribution in [2.75, 3.05) is 24.5 Å². The average Bonchev–Trinajstić information content (AvgIpc) is 3.44. The maximum absolute atomic E-state index is 12.8. The number of hydrogen-bond donors (Lipinski definition) is 1. The number of hydrogen-bond acceptors (Lipinski definition) is 7. The van der Waals surface area contributed by atoms with Crippen LogP contribution in [0, 0.1) is 5.92 Å². The first-order valence-electron chi connectivity index (χ1n) is 10.7. The lowest BCUT2D eigenvalue weighted by atomic mass is 9.97. The Bertz CT molecular complexity index is 1100. The second-order valence-electron chi connectivity index (χ2n) is 8.03. The van der Waals surface area contributed by atoms with Gasteiger partial charge >= 0.3 is 0 Å². The highest BCUT2D eigenvalue weighted by Gasteiger charge is 2.28. The monoisotopic (exact) mass is 427 g/mol. The van der Waals surface area contributed by atoms with Crippen molar-refractivity contribution in [3.05, 3.63) is 45.8 Å². The summed E-state index contributed by atoms with van der Waals surface area (Å²) < 4.78 is 6.77. The summed E-state index contributed by atoms with van der Waals surface area (Å²) in [5, 5.41) is 8.37. The van der Waals surface area contributed by atoms with Gasteiger partial charge in [0.25, 0.3) is 5.56 Å². The Morgan fingerprint density at radius 2 is 2.20 bits per heavy atom. The van der Waals surface area contributed by atoms with E-state index in [1.807, 2.05) is 12.1 Å². The zero-order valence-corrected chi connectivity index (χ0v) is 17.6. The zero-order chi connectivity index (χ0) is 20.5. The van der Waals surface area contributed by atoms with Crippen LogP contribution in [-0.2, 0) is 24.1 Å². The van der Waals surface area contributed by atoms with Crippen LogP contribution in [0.4, 0.5) is 5.13 Å². The molecule has 9 heteroatoms. The summed E-state index contributed by atoms with van der Waals surface area (Å²) in [7, 11) is 0. The maximum Gasteiger partial charge on any atom is 0.278 e. The average molecular weight is 428 g/mol. The van der Waals surface area contributed by atoms with E-state index >= 15 is 0 Å². The first-order chi connectivity index (χ1) is 14.7. The second-order valence-corrected chi connectivity index (χ2v) is 8.97.